The zero-order chi connectivity index (χ0) is 2.00. The molecule has 0 heterocycles. The van der Waals surface area contributed by atoms with Gasteiger partial charge in [-0.05, 0) is 0 Å². The molecule has 0 bridgehead atoms. The molecule has 0 aliphatic heterocycles. The van der Waals surface area contributed by atoms with Gasteiger partial charge in [0, 0.05) is 0 Å². The summed E-state index contributed by atoms with van der Waals surface area (Å²) in [7, 11) is 0. The zero-order valence-electron chi connectivity index (χ0n) is 2.40. The van der Waals surface area contributed by atoms with E-state index < -0.39 is 0 Å². The summed E-state index contributed by atoms with van der Waals surface area (Å²) in [5, 5.41) is 0. The van der Waals surface area contributed by atoms with Gasteiger partial charge in [0.25, 0.3) is 0 Å². The molecule has 0 saturated heterocycles. The Morgan fingerprint density at radius 1 is 1.00 bits per heavy atom. The van der Waals surface area contributed by atoms with Crippen molar-refractivity contribution in [3.05, 3.63) is 0 Å². The van der Waals surface area contributed by atoms with Gasteiger partial charge in [-0.2, -0.15) is 0 Å². The molecule has 6 heavy (non-hydrogen) atoms. The molecule has 0 atom stereocenters. The maximum atomic E-state index is 7.81. The van der Waals surface area contributed by atoms with Crippen LogP contribution in [0.5, 0.6) is 0 Å². The predicted molar refractivity (Wildman–Crippen MR) is 2.06 cm³/mol. The quantitative estimate of drug-likeness (QED) is 0.563. The molecule has 0 unspecified atom stereocenters. The van der Waals surface area contributed by atoms with Crippen molar-refractivity contribution >= 4 is 0 Å². The van der Waals surface area contributed by atoms with Crippen molar-refractivity contribution in [2.75, 3.05) is 0 Å². The Bertz CT molecular complexity index is 10.8. The molecule has 3 nitrogen and oxygen atoms in total. The van der Waals surface area contributed by atoms with Gasteiger partial charge in [0.1, 0.15) is 0 Å². The minimum absolute atomic E-state index is 0. The van der Waals surface area contributed by atoms with Gasteiger partial charge in [-0.15, -0.1) is 0 Å². The Hall–Kier alpha value is 2.14. The van der Waals surface area contributed by atoms with Crippen LogP contribution >= 0.6 is 0 Å². The fourth-order valence-corrected chi connectivity index (χ4v) is 0. The SMILES string of the molecule is [Ce+3].[Mn+2].[O-2].[O-2].[O]=[Cu]. The van der Waals surface area contributed by atoms with E-state index in [4.69, 9.17) is 3.83 Å². The molecule has 0 spiro atoms. The molecule has 39 valence electrons. The van der Waals surface area contributed by atoms with Gasteiger partial charge in [0.05, 0.1) is 0 Å². The molecule has 0 rings (SSSR count). The van der Waals surface area contributed by atoms with Crippen molar-refractivity contribution in [2.24, 2.45) is 0 Å². The first-order valence-corrected chi connectivity index (χ1v) is 0.508. The van der Waals surface area contributed by atoms with Gasteiger partial charge < -0.3 is 11.0 Å². The maximum absolute atomic E-state index is 7.81. The van der Waals surface area contributed by atoms with Crippen LogP contribution in [0.15, 0.2) is 0 Å². The molecule has 0 saturated carbocycles. The molecule has 6 heteroatoms. The van der Waals surface area contributed by atoms with E-state index in [1.807, 2.05) is 0 Å². The summed E-state index contributed by atoms with van der Waals surface area (Å²) in [5.41, 5.74) is 0. The van der Waals surface area contributed by atoms with Crippen LogP contribution in [0.1, 0.15) is 0 Å². The van der Waals surface area contributed by atoms with Crippen molar-refractivity contribution < 1.29 is 89.5 Å². The summed E-state index contributed by atoms with van der Waals surface area (Å²) in [6.07, 6.45) is 0. The molecule has 0 aliphatic rings. The van der Waals surface area contributed by atoms with E-state index in [2.05, 4.69) is 15.9 Å². The first kappa shape index (κ1) is 42.1. The third-order valence-corrected chi connectivity index (χ3v) is 0. The van der Waals surface area contributed by atoms with E-state index in [1.165, 1.54) is 0 Å². The van der Waals surface area contributed by atoms with Crippen molar-refractivity contribution in [1.82, 2.24) is 0 Å². The standard InChI is InChI=1S/Ce.Cu.Mn.3O/q+3;;+2;;2*-2. The van der Waals surface area contributed by atoms with Gasteiger partial charge in [0.2, 0.25) is 0 Å². The van der Waals surface area contributed by atoms with Gasteiger partial charge in [-0.25, -0.2) is 0 Å². The molecule has 0 aromatic carbocycles. The molecule has 0 amide bonds. The predicted octanol–water partition coefficient (Wildman–Crippen LogP) is -0.361. The topological polar surface area (TPSA) is 74.1 Å². The molecule has 0 N–H and O–H groups in total. The van der Waals surface area contributed by atoms with Crippen LogP contribution in [0.3, 0.4) is 0 Å². The zero-order valence-corrected chi connectivity index (χ0v) is 7.67. The molecule has 2 radical (unpaired) electrons. The first-order chi connectivity index (χ1) is 1.00. The molecule has 0 fully saturated rings. The van der Waals surface area contributed by atoms with Gasteiger partial charge >= 0.3 is 78.6 Å². The van der Waals surface area contributed by atoms with E-state index in [-0.39, 0.29) is 69.8 Å². The van der Waals surface area contributed by atoms with Crippen molar-refractivity contribution in [2.45, 2.75) is 0 Å². The van der Waals surface area contributed by atoms with Gasteiger partial charge in [0.15, 0.2) is 0 Å². The Balaban J connectivity index is -0.000000000833. The van der Waals surface area contributed by atoms with Crippen molar-refractivity contribution in [1.29, 1.82) is 0 Å². The summed E-state index contributed by atoms with van der Waals surface area (Å²) >= 11 is 2.94. The summed E-state index contributed by atoms with van der Waals surface area (Å²) in [6, 6.07) is 0. The van der Waals surface area contributed by atoms with Gasteiger partial charge in [-0.1, -0.05) is 0 Å². The fourth-order valence-electron chi connectivity index (χ4n) is 0. The number of hydrogen-bond acceptors (Lipinski definition) is 1. The Morgan fingerprint density at radius 2 is 1.00 bits per heavy atom. The van der Waals surface area contributed by atoms with Crippen LogP contribution < -0.4 is 0 Å². The van der Waals surface area contributed by atoms with Crippen LogP contribution in [-0.4, -0.2) is 0 Å². The normalized spacial score (nSPS) is 1.00. The van der Waals surface area contributed by atoms with Crippen LogP contribution in [-0.2, 0) is 47.8 Å². The second-order valence-electron chi connectivity index (χ2n) is 0. The Kier molecular flexibility index (Phi) is 414. The van der Waals surface area contributed by atoms with Crippen LogP contribution in [0.4, 0.5) is 0 Å². The summed E-state index contributed by atoms with van der Waals surface area (Å²) in [4.78, 5) is 0. The van der Waals surface area contributed by atoms with Crippen LogP contribution in [0.2, 0.25) is 0 Å². The monoisotopic (exact) mass is 306 g/mol. The summed E-state index contributed by atoms with van der Waals surface area (Å²) < 4.78 is 7.81. The first-order valence-electron chi connectivity index (χ1n) is 0.123. The van der Waals surface area contributed by atoms with Crippen molar-refractivity contribution in [3.63, 3.8) is 0 Å². The van der Waals surface area contributed by atoms with Crippen molar-refractivity contribution in [3.8, 4) is 0 Å². The molecular weight excluding hydrogens is 307 g/mol. The van der Waals surface area contributed by atoms with Crippen LogP contribution in [0.25, 0.3) is 0 Å². The van der Waals surface area contributed by atoms with E-state index in [0.717, 1.165) is 0 Å². The molecule has 0 aromatic rings. The third kappa shape index (κ3) is 35.5. The second-order valence-corrected chi connectivity index (χ2v) is 0. The Labute approximate surface area is 88.1 Å². The molecular formula is CeCuMnO3+. The Morgan fingerprint density at radius 3 is 1.00 bits per heavy atom. The second kappa shape index (κ2) is 58.9. The van der Waals surface area contributed by atoms with Crippen LogP contribution in [0, 0.1) is 41.7 Å². The average molecular weight is 307 g/mol. The summed E-state index contributed by atoms with van der Waals surface area (Å²) in [6.45, 7) is 0. The molecule has 0 aliphatic carbocycles. The molecule has 0 aromatic heterocycles. The number of hydrogen-bond donors (Lipinski definition) is 0. The van der Waals surface area contributed by atoms with Gasteiger partial charge in [-0.3, -0.25) is 0 Å². The van der Waals surface area contributed by atoms with E-state index >= 15 is 0 Å². The minimum atomic E-state index is 0. The average Bonchev–Trinajstić information content (AvgIpc) is 1.00. The van der Waals surface area contributed by atoms with E-state index in [9.17, 15) is 0 Å². The third-order valence-electron chi connectivity index (χ3n) is 0. The number of rotatable bonds is 0. The van der Waals surface area contributed by atoms with E-state index in [0.29, 0.717) is 0 Å². The van der Waals surface area contributed by atoms with E-state index in [1.54, 1.807) is 0 Å². The summed E-state index contributed by atoms with van der Waals surface area (Å²) in [5.74, 6) is 0. The fraction of sp³-hybridized carbons (Fsp3) is 0.